The summed E-state index contributed by atoms with van der Waals surface area (Å²) in [5, 5.41) is 0. The molecule has 0 aromatic heterocycles. The normalized spacial score (nSPS) is 15.8. The third-order valence-electron chi connectivity index (χ3n) is 3.29. The van der Waals surface area contributed by atoms with Gasteiger partial charge in [-0.15, -0.1) is 0 Å². The first kappa shape index (κ1) is 15.0. The number of hydrogen-bond donors (Lipinski definition) is 0. The Labute approximate surface area is 131 Å². The van der Waals surface area contributed by atoms with E-state index < -0.39 is 30.3 Å². The van der Waals surface area contributed by atoms with Gasteiger partial charge in [-0.05, 0) is 24.3 Å². The van der Waals surface area contributed by atoms with Crippen LogP contribution in [0.5, 0.6) is 11.5 Å². The molecule has 0 unspecified atom stereocenters. The van der Waals surface area contributed by atoms with E-state index in [-0.39, 0.29) is 12.2 Å². The first-order chi connectivity index (χ1) is 11.1. The summed E-state index contributed by atoms with van der Waals surface area (Å²) in [6.07, 6.45) is -0.960. The Morgan fingerprint density at radius 3 is 2.57 bits per heavy atom. The Balaban J connectivity index is 1.58. The second-order valence-corrected chi connectivity index (χ2v) is 4.87. The smallest absolute Gasteiger partial charge is 0.351 e. The van der Waals surface area contributed by atoms with Crippen molar-refractivity contribution in [3.8, 4) is 11.5 Å². The Morgan fingerprint density at radius 1 is 1.09 bits per heavy atom. The van der Waals surface area contributed by atoms with E-state index in [1.54, 1.807) is 24.3 Å². The number of carbonyl (C=O) groups is 2. The lowest BCUT2D eigenvalue weighted by Crippen LogP contribution is -2.38. The molecular formula is C17H13FO5. The summed E-state index contributed by atoms with van der Waals surface area (Å²) in [4.78, 5) is 23.8. The van der Waals surface area contributed by atoms with Gasteiger partial charge in [-0.25, -0.2) is 9.18 Å². The fourth-order valence-electron chi connectivity index (χ4n) is 2.13. The van der Waals surface area contributed by atoms with Crippen LogP contribution in [0.3, 0.4) is 0 Å². The molecular weight excluding hydrogens is 303 g/mol. The van der Waals surface area contributed by atoms with Crippen molar-refractivity contribution in [3.63, 3.8) is 0 Å². The van der Waals surface area contributed by atoms with Gasteiger partial charge in [0.2, 0.25) is 11.9 Å². The average Bonchev–Trinajstić information content (AvgIpc) is 2.59. The minimum atomic E-state index is -0.960. The monoisotopic (exact) mass is 316 g/mol. The van der Waals surface area contributed by atoms with Crippen LogP contribution in [-0.4, -0.2) is 31.1 Å². The van der Waals surface area contributed by atoms with Gasteiger partial charge >= 0.3 is 5.97 Å². The highest BCUT2D eigenvalue weighted by Crippen LogP contribution is 2.31. The number of halogens is 1. The molecule has 0 aliphatic carbocycles. The van der Waals surface area contributed by atoms with Gasteiger partial charge in [-0.3, -0.25) is 4.79 Å². The van der Waals surface area contributed by atoms with Gasteiger partial charge in [0.15, 0.2) is 18.1 Å². The number of fused-ring (bicyclic) bond motifs is 1. The predicted molar refractivity (Wildman–Crippen MR) is 78.0 cm³/mol. The number of Topliss-reactive ketones (excluding diaryl/α,β-unsaturated/α-hetero) is 1. The zero-order chi connectivity index (χ0) is 16.2. The van der Waals surface area contributed by atoms with Crippen LogP contribution >= 0.6 is 0 Å². The van der Waals surface area contributed by atoms with Gasteiger partial charge in [0.1, 0.15) is 12.4 Å². The van der Waals surface area contributed by atoms with E-state index in [2.05, 4.69) is 0 Å². The van der Waals surface area contributed by atoms with Crippen molar-refractivity contribution < 1.29 is 28.2 Å². The van der Waals surface area contributed by atoms with E-state index >= 15 is 0 Å². The molecule has 0 spiro atoms. The predicted octanol–water partition coefficient (Wildman–Crippen LogP) is 2.39. The number of ether oxygens (including phenoxy) is 3. The van der Waals surface area contributed by atoms with Crippen molar-refractivity contribution >= 4 is 11.8 Å². The quantitative estimate of drug-likeness (QED) is 0.640. The summed E-state index contributed by atoms with van der Waals surface area (Å²) in [5.41, 5.74) is -0.119. The Morgan fingerprint density at radius 2 is 1.78 bits per heavy atom. The Hall–Kier alpha value is -2.89. The van der Waals surface area contributed by atoms with Gasteiger partial charge < -0.3 is 14.2 Å². The fraction of sp³-hybridized carbons (Fsp3) is 0.176. The van der Waals surface area contributed by atoms with Gasteiger partial charge in [0.25, 0.3) is 0 Å². The van der Waals surface area contributed by atoms with Crippen LogP contribution in [0.2, 0.25) is 0 Å². The van der Waals surface area contributed by atoms with Crippen LogP contribution in [0.4, 0.5) is 4.39 Å². The first-order valence-electron chi connectivity index (χ1n) is 6.98. The molecule has 0 N–H and O–H groups in total. The molecule has 0 amide bonds. The fourth-order valence-corrected chi connectivity index (χ4v) is 2.13. The summed E-state index contributed by atoms with van der Waals surface area (Å²) in [7, 11) is 0. The summed E-state index contributed by atoms with van der Waals surface area (Å²) >= 11 is 0. The van der Waals surface area contributed by atoms with Gasteiger partial charge in [0.05, 0.1) is 5.56 Å². The van der Waals surface area contributed by atoms with E-state index in [0.29, 0.717) is 11.5 Å². The average molecular weight is 316 g/mol. The molecule has 6 heteroatoms. The van der Waals surface area contributed by atoms with Crippen LogP contribution in [0.15, 0.2) is 48.5 Å². The molecule has 118 valence electrons. The van der Waals surface area contributed by atoms with E-state index in [0.717, 1.165) is 0 Å². The maximum atomic E-state index is 13.5. The maximum absolute atomic E-state index is 13.5. The molecule has 1 aliphatic rings. The topological polar surface area (TPSA) is 61.8 Å². The third-order valence-corrected chi connectivity index (χ3v) is 3.29. The number of rotatable bonds is 4. The van der Waals surface area contributed by atoms with Crippen molar-refractivity contribution in [2.45, 2.75) is 6.10 Å². The van der Waals surface area contributed by atoms with E-state index in [9.17, 15) is 14.0 Å². The highest BCUT2D eigenvalue weighted by molar-refractivity contribution is 5.98. The molecule has 23 heavy (non-hydrogen) atoms. The zero-order valence-electron chi connectivity index (χ0n) is 12.0. The van der Waals surface area contributed by atoms with Crippen LogP contribution < -0.4 is 9.47 Å². The van der Waals surface area contributed by atoms with Gasteiger partial charge in [-0.2, -0.15) is 0 Å². The molecule has 5 nitrogen and oxygen atoms in total. The van der Waals surface area contributed by atoms with Crippen LogP contribution in [0.25, 0.3) is 0 Å². The largest absolute Gasteiger partial charge is 0.485 e. The number of carbonyl (C=O) groups excluding carboxylic acids is 2. The summed E-state index contributed by atoms with van der Waals surface area (Å²) in [6, 6.07) is 12.4. The minimum absolute atomic E-state index is 0.0102. The van der Waals surface area contributed by atoms with Crippen molar-refractivity contribution in [1.29, 1.82) is 0 Å². The lowest BCUT2D eigenvalue weighted by Gasteiger charge is -2.24. The van der Waals surface area contributed by atoms with Crippen molar-refractivity contribution in [1.82, 2.24) is 0 Å². The van der Waals surface area contributed by atoms with Crippen LogP contribution in [0.1, 0.15) is 10.4 Å². The van der Waals surface area contributed by atoms with Crippen LogP contribution in [-0.2, 0) is 9.53 Å². The molecule has 2 aromatic carbocycles. The van der Waals surface area contributed by atoms with E-state index in [1.165, 1.54) is 24.3 Å². The molecule has 1 heterocycles. The van der Waals surface area contributed by atoms with Gasteiger partial charge in [0, 0.05) is 0 Å². The van der Waals surface area contributed by atoms with Crippen molar-refractivity contribution in [3.05, 3.63) is 59.9 Å². The number of benzene rings is 2. The Bertz CT molecular complexity index is 743. The van der Waals surface area contributed by atoms with Crippen molar-refractivity contribution in [2.24, 2.45) is 0 Å². The highest BCUT2D eigenvalue weighted by Gasteiger charge is 2.29. The molecule has 1 atom stereocenters. The minimum Gasteiger partial charge on any atom is -0.485 e. The summed E-state index contributed by atoms with van der Waals surface area (Å²) in [6.45, 7) is -0.564. The molecule has 2 aromatic rings. The first-order valence-corrected chi connectivity index (χ1v) is 6.98. The standard InChI is InChI=1S/C17H13FO5/c18-12-6-2-1-5-11(12)13(19)9-22-17(20)16-10-21-14-7-3-4-8-15(14)23-16/h1-8,16H,9-10H2/t16-/m1/s1. The third kappa shape index (κ3) is 3.31. The van der Waals surface area contributed by atoms with Gasteiger partial charge in [-0.1, -0.05) is 24.3 Å². The number of ketones is 1. The SMILES string of the molecule is O=C(COC(=O)[C@H]1COc2ccccc2O1)c1ccccc1F. The second kappa shape index (κ2) is 6.48. The molecule has 0 saturated carbocycles. The van der Waals surface area contributed by atoms with Crippen LogP contribution in [0, 0.1) is 5.82 Å². The highest BCUT2D eigenvalue weighted by atomic mass is 19.1. The molecule has 3 rings (SSSR count). The summed E-state index contributed by atoms with van der Waals surface area (Å²) in [5.74, 6) is -1.03. The molecule has 0 saturated heterocycles. The number of esters is 1. The van der Waals surface area contributed by atoms with Crippen molar-refractivity contribution in [2.75, 3.05) is 13.2 Å². The molecule has 0 radical (unpaired) electrons. The summed E-state index contributed by atoms with van der Waals surface area (Å²) < 4.78 is 29.3. The second-order valence-electron chi connectivity index (χ2n) is 4.87. The Kier molecular flexibility index (Phi) is 4.23. The lowest BCUT2D eigenvalue weighted by atomic mass is 10.1. The number of hydrogen-bond acceptors (Lipinski definition) is 5. The van der Waals surface area contributed by atoms with E-state index in [1.807, 2.05) is 0 Å². The van der Waals surface area contributed by atoms with E-state index in [4.69, 9.17) is 14.2 Å². The molecule has 0 bridgehead atoms. The molecule has 1 aliphatic heterocycles. The maximum Gasteiger partial charge on any atom is 0.351 e. The zero-order valence-corrected chi connectivity index (χ0v) is 12.0. The number of para-hydroxylation sites is 2. The molecule has 0 fully saturated rings. The lowest BCUT2D eigenvalue weighted by molar-refractivity contribution is -0.153.